The Morgan fingerprint density at radius 3 is 2.30 bits per heavy atom. The van der Waals surface area contributed by atoms with E-state index in [0.29, 0.717) is 66.1 Å². The fraction of sp³-hybridized carbons (Fsp3) is 0.629. The molecule has 3 amide bonds. The molecule has 256 valence electrons. The van der Waals surface area contributed by atoms with Gasteiger partial charge in [0.05, 0.1) is 25.5 Å². The third-order valence-electron chi connectivity index (χ3n) is 9.58. The lowest BCUT2D eigenvalue weighted by Crippen LogP contribution is -2.54. The lowest BCUT2D eigenvalue weighted by atomic mass is 9.79. The Kier molecular flexibility index (Phi) is 10.5. The van der Waals surface area contributed by atoms with Gasteiger partial charge < -0.3 is 34.4 Å². The highest BCUT2D eigenvalue weighted by atomic mass is 16.6. The number of fused-ring (bicyclic) bond motifs is 1. The van der Waals surface area contributed by atoms with Gasteiger partial charge in [0.25, 0.3) is 5.91 Å². The average molecular weight is 650 g/mol. The van der Waals surface area contributed by atoms with E-state index in [1.54, 1.807) is 42.3 Å². The first-order chi connectivity index (χ1) is 22.5. The van der Waals surface area contributed by atoms with Gasteiger partial charge in [-0.15, -0.1) is 0 Å². The summed E-state index contributed by atoms with van der Waals surface area (Å²) in [7, 11) is 3.34. The maximum absolute atomic E-state index is 13.4. The van der Waals surface area contributed by atoms with Gasteiger partial charge in [0.15, 0.2) is 5.82 Å². The fourth-order valence-corrected chi connectivity index (χ4v) is 6.94. The molecule has 1 saturated carbocycles. The third kappa shape index (κ3) is 7.57. The van der Waals surface area contributed by atoms with Gasteiger partial charge >= 0.3 is 6.09 Å². The van der Waals surface area contributed by atoms with Crippen LogP contribution in [-0.2, 0) is 9.53 Å². The Bertz CT molecular complexity index is 1440. The second-order valence-corrected chi connectivity index (χ2v) is 13.7. The van der Waals surface area contributed by atoms with Crippen LogP contribution in [0.4, 0.5) is 27.9 Å². The second-order valence-electron chi connectivity index (χ2n) is 13.7. The molecule has 1 N–H and O–H groups in total. The summed E-state index contributed by atoms with van der Waals surface area (Å²) in [5.74, 6) is 2.64. The van der Waals surface area contributed by atoms with E-state index in [1.165, 1.54) is 0 Å². The number of nitrogens with zero attached hydrogens (tertiary/aromatic N) is 6. The highest BCUT2D eigenvalue weighted by Crippen LogP contribution is 2.38. The fourth-order valence-electron chi connectivity index (χ4n) is 6.94. The number of hydrogen-bond acceptors (Lipinski definition) is 9. The molecule has 1 aromatic heterocycles. The molecule has 0 atom stereocenters. The van der Waals surface area contributed by atoms with E-state index in [1.807, 2.05) is 45.6 Å². The Balaban J connectivity index is 0.00000213. The number of aromatic nitrogens is 2. The number of nitrogens with one attached hydrogen (secondary N) is 1. The highest BCUT2D eigenvalue weighted by molar-refractivity contribution is 6.02. The zero-order valence-corrected chi connectivity index (χ0v) is 29.0. The number of carbonyl (C=O) groups is 3. The van der Waals surface area contributed by atoms with Gasteiger partial charge in [-0.3, -0.25) is 9.59 Å². The molecule has 1 aromatic carbocycles. The van der Waals surface area contributed by atoms with E-state index in [0.717, 1.165) is 57.4 Å². The van der Waals surface area contributed by atoms with Crippen molar-refractivity contribution in [3.8, 4) is 5.75 Å². The van der Waals surface area contributed by atoms with Crippen molar-refractivity contribution in [3.63, 3.8) is 0 Å². The summed E-state index contributed by atoms with van der Waals surface area (Å²) >= 11 is 0. The molecule has 6 rings (SSSR count). The maximum atomic E-state index is 13.4. The number of hydrogen-bond donors (Lipinski definition) is 1. The predicted octanol–water partition coefficient (Wildman–Crippen LogP) is 5.70. The van der Waals surface area contributed by atoms with Crippen molar-refractivity contribution in [1.82, 2.24) is 19.8 Å². The Morgan fingerprint density at radius 2 is 1.66 bits per heavy atom. The molecule has 12 heteroatoms. The first kappa shape index (κ1) is 34.3. The standard InChI is InChI=1S/C33H45N7O5.C2H6/c1-33(2,3)45-32(43)38-14-12-21(13-15-38)23-18-39(19-23)30(42)22-10-11-25(27(16-22)44-5)35-31-34-17-26-29(36-31)40(20-28(41)37(26)4)24-8-6-7-9-24;1-2/h10-11,16-17,21,23-24H,6-9,12-15,18-20H2,1-5H3,(H,34,35,36);1-2H3. The first-order valence-electron chi connectivity index (χ1n) is 17.1. The van der Waals surface area contributed by atoms with Crippen LogP contribution in [0.5, 0.6) is 5.75 Å². The highest BCUT2D eigenvalue weighted by Gasteiger charge is 2.39. The van der Waals surface area contributed by atoms with Gasteiger partial charge in [-0.25, -0.2) is 9.78 Å². The summed E-state index contributed by atoms with van der Waals surface area (Å²) in [6.07, 6.45) is 7.72. The third-order valence-corrected chi connectivity index (χ3v) is 9.58. The van der Waals surface area contributed by atoms with E-state index in [2.05, 4.69) is 15.2 Å². The normalized spacial score (nSPS) is 19.1. The quantitative estimate of drug-likeness (QED) is 0.420. The van der Waals surface area contributed by atoms with Crippen molar-refractivity contribution in [3.05, 3.63) is 30.0 Å². The Hall–Kier alpha value is -4.09. The van der Waals surface area contributed by atoms with Gasteiger partial charge in [0, 0.05) is 44.8 Å². The van der Waals surface area contributed by atoms with E-state index in [-0.39, 0.29) is 17.9 Å². The van der Waals surface area contributed by atoms with E-state index < -0.39 is 5.60 Å². The average Bonchev–Trinajstić information content (AvgIpc) is 3.58. The van der Waals surface area contributed by atoms with Crippen LogP contribution in [0, 0.1) is 11.8 Å². The van der Waals surface area contributed by atoms with Crippen LogP contribution >= 0.6 is 0 Å². The van der Waals surface area contributed by atoms with E-state index in [9.17, 15) is 14.4 Å². The number of amides is 3. The number of ether oxygens (including phenoxy) is 2. The molecule has 0 spiro atoms. The largest absolute Gasteiger partial charge is 0.495 e. The molecule has 1 aliphatic carbocycles. The van der Waals surface area contributed by atoms with Gasteiger partial charge in [-0.2, -0.15) is 4.98 Å². The van der Waals surface area contributed by atoms with Gasteiger partial charge in [-0.05, 0) is 76.5 Å². The monoisotopic (exact) mass is 649 g/mol. The van der Waals surface area contributed by atoms with E-state index >= 15 is 0 Å². The molecule has 2 saturated heterocycles. The SMILES string of the molecule is CC.COc1cc(C(=O)N2CC(C3CCN(C(=O)OC(C)(C)C)CC3)C2)ccc1Nc1ncc2c(n1)N(C1CCCC1)CC(=O)N2C. The molecular weight excluding hydrogens is 598 g/mol. The van der Waals surface area contributed by atoms with Gasteiger partial charge in [0.2, 0.25) is 11.9 Å². The molecule has 0 bridgehead atoms. The summed E-state index contributed by atoms with van der Waals surface area (Å²) in [6, 6.07) is 5.68. The molecule has 0 unspecified atom stereocenters. The van der Waals surface area contributed by atoms with Crippen LogP contribution in [0.1, 0.15) is 83.5 Å². The Morgan fingerprint density at radius 1 is 0.979 bits per heavy atom. The number of carbonyl (C=O) groups excluding carboxylic acids is 3. The van der Waals surface area contributed by atoms with Crippen molar-refractivity contribution in [2.75, 3.05) is 62.0 Å². The summed E-state index contributed by atoms with van der Waals surface area (Å²) in [5.41, 5.74) is 1.43. The molecular formula is C35H51N7O5. The minimum absolute atomic E-state index is 0.0211. The van der Waals surface area contributed by atoms with Crippen molar-refractivity contribution in [2.24, 2.45) is 11.8 Å². The molecule has 4 aliphatic rings. The van der Waals surface area contributed by atoms with Gasteiger partial charge in [-0.1, -0.05) is 26.7 Å². The Labute approximate surface area is 278 Å². The van der Waals surface area contributed by atoms with Crippen molar-refractivity contribution in [1.29, 1.82) is 0 Å². The second kappa shape index (κ2) is 14.4. The van der Waals surface area contributed by atoms with Crippen LogP contribution in [0.3, 0.4) is 0 Å². The molecule has 3 fully saturated rings. The summed E-state index contributed by atoms with van der Waals surface area (Å²) < 4.78 is 11.2. The number of anilines is 4. The topological polar surface area (TPSA) is 120 Å². The van der Waals surface area contributed by atoms with Crippen LogP contribution in [0.2, 0.25) is 0 Å². The lowest BCUT2D eigenvalue weighted by Gasteiger charge is -2.46. The minimum Gasteiger partial charge on any atom is -0.495 e. The van der Waals surface area contributed by atoms with E-state index in [4.69, 9.17) is 14.5 Å². The minimum atomic E-state index is -0.495. The zero-order chi connectivity index (χ0) is 33.9. The summed E-state index contributed by atoms with van der Waals surface area (Å²) in [4.78, 5) is 55.2. The molecule has 12 nitrogen and oxygen atoms in total. The van der Waals surface area contributed by atoms with Crippen LogP contribution in [0.25, 0.3) is 0 Å². The summed E-state index contributed by atoms with van der Waals surface area (Å²) in [5, 5.41) is 3.27. The number of methoxy groups -OCH3 is 1. The summed E-state index contributed by atoms with van der Waals surface area (Å²) in [6.45, 7) is 12.8. The number of rotatable bonds is 6. The van der Waals surface area contributed by atoms with Crippen molar-refractivity contribution >= 4 is 41.0 Å². The predicted molar refractivity (Wildman–Crippen MR) is 183 cm³/mol. The maximum Gasteiger partial charge on any atom is 0.410 e. The van der Waals surface area contributed by atoms with Gasteiger partial charge in [0.1, 0.15) is 17.0 Å². The molecule has 4 heterocycles. The first-order valence-corrected chi connectivity index (χ1v) is 17.1. The molecule has 0 radical (unpaired) electrons. The van der Waals surface area contributed by atoms with Crippen LogP contribution in [0.15, 0.2) is 24.4 Å². The van der Waals surface area contributed by atoms with Crippen LogP contribution < -0.4 is 19.9 Å². The number of likely N-dealkylation sites (N-methyl/N-ethyl adjacent to an activating group) is 1. The van der Waals surface area contributed by atoms with Crippen molar-refractivity contribution < 1.29 is 23.9 Å². The zero-order valence-electron chi connectivity index (χ0n) is 29.0. The van der Waals surface area contributed by atoms with Crippen LogP contribution in [-0.4, -0.2) is 96.2 Å². The number of piperidine rings is 1. The lowest BCUT2D eigenvalue weighted by molar-refractivity contribution is -0.117. The molecule has 47 heavy (non-hydrogen) atoms. The smallest absolute Gasteiger partial charge is 0.410 e. The van der Waals surface area contributed by atoms with Crippen molar-refractivity contribution in [2.45, 2.75) is 84.8 Å². The molecule has 3 aliphatic heterocycles. The molecule has 2 aromatic rings. The number of likely N-dealkylation sites (tertiary alicyclic amines) is 2. The number of benzene rings is 1.